The van der Waals surface area contributed by atoms with Crippen LogP contribution in [-0.2, 0) is 11.3 Å². The molecule has 0 aliphatic heterocycles. The Bertz CT molecular complexity index is 541. The summed E-state index contributed by atoms with van der Waals surface area (Å²) in [5, 5.41) is 5.22. The summed E-state index contributed by atoms with van der Waals surface area (Å²) in [6.45, 7) is 2.42. The monoisotopic (exact) mass is 343 g/mol. The van der Waals surface area contributed by atoms with Gasteiger partial charge in [-0.2, -0.15) is 0 Å². The molecule has 5 nitrogen and oxygen atoms in total. The van der Waals surface area contributed by atoms with Crippen LogP contribution in [0.4, 0.5) is 5.13 Å². The van der Waals surface area contributed by atoms with Crippen molar-refractivity contribution in [2.75, 3.05) is 12.4 Å². The van der Waals surface area contributed by atoms with Gasteiger partial charge in [0.1, 0.15) is 5.76 Å². The second-order valence-electron chi connectivity index (χ2n) is 4.12. The molecule has 19 heavy (non-hydrogen) atoms. The molecule has 7 heteroatoms. The minimum atomic E-state index is -0.271. The number of carbonyl (C=O) groups excluding carboxylic acids is 1. The Morgan fingerprint density at radius 3 is 3.00 bits per heavy atom. The van der Waals surface area contributed by atoms with Crippen molar-refractivity contribution in [2.24, 2.45) is 0 Å². The van der Waals surface area contributed by atoms with E-state index in [1.54, 1.807) is 6.20 Å². The zero-order chi connectivity index (χ0) is 13.8. The second-order valence-corrected chi connectivity index (χ2v) is 5.80. The van der Waals surface area contributed by atoms with Gasteiger partial charge in [0.05, 0.1) is 12.6 Å². The summed E-state index contributed by atoms with van der Waals surface area (Å²) in [7, 11) is 1.88. The number of rotatable bonds is 5. The van der Waals surface area contributed by atoms with E-state index in [1.165, 1.54) is 11.3 Å². The van der Waals surface area contributed by atoms with Crippen LogP contribution >= 0.6 is 27.3 Å². The lowest BCUT2D eigenvalue weighted by atomic mass is 10.2. The topological polar surface area (TPSA) is 58.4 Å². The van der Waals surface area contributed by atoms with Gasteiger partial charge >= 0.3 is 0 Å². The molecular weight excluding hydrogens is 330 g/mol. The summed E-state index contributed by atoms with van der Waals surface area (Å²) >= 11 is 4.66. The van der Waals surface area contributed by atoms with Crippen molar-refractivity contribution in [3.8, 4) is 0 Å². The number of nitrogens with zero attached hydrogens (tertiary/aromatic N) is 2. The number of nitrogens with one attached hydrogen (secondary N) is 1. The van der Waals surface area contributed by atoms with Crippen molar-refractivity contribution in [3.63, 3.8) is 0 Å². The van der Waals surface area contributed by atoms with Crippen LogP contribution in [-0.4, -0.2) is 28.9 Å². The molecule has 0 saturated heterocycles. The van der Waals surface area contributed by atoms with Crippen LogP contribution in [0, 0.1) is 0 Å². The van der Waals surface area contributed by atoms with Crippen molar-refractivity contribution in [1.29, 1.82) is 0 Å². The fourth-order valence-electron chi connectivity index (χ4n) is 1.51. The number of thiazole rings is 1. The molecular formula is C12H14BrN3O2S. The normalized spacial score (nSPS) is 12.6. The Morgan fingerprint density at radius 2 is 2.42 bits per heavy atom. The van der Waals surface area contributed by atoms with E-state index in [9.17, 15) is 4.79 Å². The SMILES string of the molecule is C[C@H](C(=O)Nc1nccs1)N(C)Cc1ccc(Br)o1. The van der Waals surface area contributed by atoms with Crippen LogP contribution in [0.15, 0.2) is 32.8 Å². The number of hydrogen-bond donors (Lipinski definition) is 1. The highest BCUT2D eigenvalue weighted by atomic mass is 79.9. The molecule has 2 heterocycles. The van der Waals surface area contributed by atoms with Crippen LogP contribution in [0.5, 0.6) is 0 Å². The van der Waals surface area contributed by atoms with Crippen molar-refractivity contribution >= 4 is 38.3 Å². The highest BCUT2D eigenvalue weighted by Crippen LogP contribution is 2.17. The predicted octanol–water partition coefficient (Wildman–Crippen LogP) is 2.96. The van der Waals surface area contributed by atoms with Gasteiger partial charge in [-0.05, 0) is 42.0 Å². The second kappa shape index (κ2) is 6.31. The number of anilines is 1. The van der Waals surface area contributed by atoms with Gasteiger partial charge in [0.15, 0.2) is 9.80 Å². The van der Waals surface area contributed by atoms with Crippen LogP contribution < -0.4 is 5.32 Å². The van der Waals surface area contributed by atoms with Crippen molar-refractivity contribution < 1.29 is 9.21 Å². The standard InChI is InChI=1S/C12H14BrN3O2S/c1-8(11(17)15-12-14-5-6-19-12)16(2)7-9-3-4-10(13)18-9/h3-6,8H,7H2,1-2H3,(H,14,15,17)/t8-/m1/s1. The van der Waals surface area contributed by atoms with Gasteiger partial charge in [-0.15, -0.1) is 11.3 Å². The summed E-state index contributed by atoms with van der Waals surface area (Å²) in [6.07, 6.45) is 1.66. The largest absolute Gasteiger partial charge is 0.453 e. The molecule has 102 valence electrons. The summed E-state index contributed by atoms with van der Waals surface area (Å²) < 4.78 is 6.11. The predicted molar refractivity (Wildman–Crippen MR) is 78.1 cm³/mol. The zero-order valence-corrected chi connectivity index (χ0v) is 13.0. The first-order valence-corrected chi connectivity index (χ1v) is 7.38. The van der Waals surface area contributed by atoms with Gasteiger partial charge in [0.25, 0.3) is 0 Å². The maximum absolute atomic E-state index is 12.0. The van der Waals surface area contributed by atoms with Gasteiger partial charge in [-0.25, -0.2) is 4.98 Å². The molecule has 0 saturated carbocycles. The fraction of sp³-hybridized carbons (Fsp3) is 0.333. The highest BCUT2D eigenvalue weighted by Gasteiger charge is 2.19. The van der Waals surface area contributed by atoms with E-state index in [2.05, 4.69) is 26.2 Å². The molecule has 0 fully saturated rings. The number of halogens is 1. The molecule has 1 atom stereocenters. The lowest BCUT2D eigenvalue weighted by Gasteiger charge is -2.22. The summed E-state index contributed by atoms with van der Waals surface area (Å²) in [4.78, 5) is 18.0. The number of carbonyl (C=O) groups is 1. The van der Waals surface area contributed by atoms with Gasteiger partial charge < -0.3 is 9.73 Å². The minimum Gasteiger partial charge on any atom is -0.453 e. The third kappa shape index (κ3) is 3.89. The van der Waals surface area contributed by atoms with E-state index >= 15 is 0 Å². The van der Waals surface area contributed by atoms with Crippen molar-refractivity contribution in [2.45, 2.75) is 19.5 Å². The van der Waals surface area contributed by atoms with Gasteiger partial charge in [-0.3, -0.25) is 9.69 Å². The Labute approximate surface area is 123 Å². The maximum Gasteiger partial charge on any atom is 0.243 e. The molecule has 0 spiro atoms. The fourth-order valence-corrected chi connectivity index (χ4v) is 2.39. The lowest BCUT2D eigenvalue weighted by Crippen LogP contribution is -2.39. The number of amides is 1. The lowest BCUT2D eigenvalue weighted by molar-refractivity contribution is -0.120. The van der Waals surface area contributed by atoms with Gasteiger partial charge in [-0.1, -0.05) is 0 Å². The Hall–Kier alpha value is -1.18. The molecule has 0 unspecified atom stereocenters. The number of furan rings is 1. The first-order valence-electron chi connectivity index (χ1n) is 5.71. The average Bonchev–Trinajstić information content (AvgIpc) is 3.00. The average molecular weight is 344 g/mol. The molecule has 0 aliphatic rings. The smallest absolute Gasteiger partial charge is 0.243 e. The third-order valence-corrected chi connectivity index (χ3v) is 3.85. The highest BCUT2D eigenvalue weighted by molar-refractivity contribution is 9.10. The summed E-state index contributed by atoms with van der Waals surface area (Å²) in [5.74, 6) is 0.728. The first kappa shape index (κ1) is 14.2. The Balaban J connectivity index is 1.91. The summed E-state index contributed by atoms with van der Waals surface area (Å²) in [6, 6.07) is 3.45. The molecule has 2 aromatic rings. The number of likely N-dealkylation sites (N-methyl/N-ethyl adjacent to an activating group) is 1. The molecule has 0 aromatic carbocycles. The number of aromatic nitrogens is 1. The molecule has 0 aliphatic carbocycles. The third-order valence-electron chi connectivity index (χ3n) is 2.74. The molecule has 2 aromatic heterocycles. The van der Waals surface area contributed by atoms with Crippen LogP contribution in [0.1, 0.15) is 12.7 Å². The van der Waals surface area contributed by atoms with E-state index in [0.29, 0.717) is 16.3 Å². The molecule has 0 radical (unpaired) electrons. The first-order chi connectivity index (χ1) is 9.06. The van der Waals surface area contributed by atoms with Crippen LogP contribution in [0.2, 0.25) is 0 Å². The molecule has 2 rings (SSSR count). The van der Waals surface area contributed by atoms with E-state index in [1.807, 2.05) is 36.4 Å². The van der Waals surface area contributed by atoms with Crippen molar-refractivity contribution in [1.82, 2.24) is 9.88 Å². The van der Waals surface area contributed by atoms with Gasteiger partial charge in [0.2, 0.25) is 5.91 Å². The van der Waals surface area contributed by atoms with E-state index < -0.39 is 0 Å². The van der Waals surface area contributed by atoms with E-state index in [-0.39, 0.29) is 11.9 Å². The van der Waals surface area contributed by atoms with Crippen LogP contribution in [0.25, 0.3) is 0 Å². The summed E-state index contributed by atoms with van der Waals surface area (Å²) in [5.41, 5.74) is 0. The molecule has 1 amide bonds. The molecule has 1 N–H and O–H groups in total. The zero-order valence-electron chi connectivity index (χ0n) is 10.6. The Kier molecular flexibility index (Phi) is 4.73. The Morgan fingerprint density at radius 1 is 1.63 bits per heavy atom. The van der Waals surface area contributed by atoms with Gasteiger partial charge in [0, 0.05) is 11.6 Å². The number of hydrogen-bond acceptors (Lipinski definition) is 5. The van der Waals surface area contributed by atoms with Crippen molar-refractivity contribution in [3.05, 3.63) is 34.1 Å². The molecule has 0 bridgehead atoms. The van der Waals surface area contributed by atoms with E-state index in [0.717, 1.165) is 5.76 Å². The van der Waals surface area contributed by atoms with Crippen LogP contribution in [0.3, 0.4) is 0 Å². The maximum atomic E-state index is 12.0. The quantitative estimate of drug-likeness (QED) is 0.906. The van der Waals surface area contributed by atoms with E-state index in [4.69, 9.17) is 4.42 Å². The minimum absolute atomic E-state index is 0.0805.